The van der Waals surface area contributed by atoms with Crippen LogP contribution >= 0.6 is 0 Å². The number of para-hydroxylation sites is 1. The topological polar surface area (TPSA) is 66.6 Å². The minimum Gasteiger partial charge on any atom is -0.337 e. The van der Waals surface area contributed by atoms with Crippen LogP contribution in [0.25, 0.3) is 0 Å². The van der Waals surface area contributed by atoms with Gasteiger partial charge in [0.05, 0.1) is 6.04 Å². The minimum atomic E-state index is -0.750. The Morgan fingerprint density at radius 2 is 1.64 bits per heavy atom. The van der Waals surface area contributed by atoms with Gasteiger partial charge in [-0.15, -0.1) is 0 Å². The predicted octanol–water partition coefficient (Wildman–Crippen LogP) is 4.68. The van der Waals surface area contributed by atoms with E-state index in [1.165, 1.54) is 12.1 Å². The molecular formula is C27H36FN3O2. The largest absolute Gasteiger partial charge is 0.337 e. The van der Waals surface area contributed by atoms with Crippen LogP contribution in [-0.2, 0) is 22.6 Å². The van der Waals surface area contributed by atoms with Gasteiger partial charge in [-0.2, -0.15) is 0 Å². The van der Waals surface area contributed by atoms with Crippen LogP contribution in [0.15, 0.2) is 48.5 Å². The lowest BCUT2D eigenvalue weighted by atomic mass is 10.0. The van der Waals surface area contributed by atoms with Gasteiger partial charge in [0.15, 0.2) is 0 Å². The molecule has 2 N–H and O–H groups in total. The zero-order chi connectivity index (χ0) is 23.8. The maximum atomic E-state index is 13.6. The van der Waals surface area contributed by atoms with Gasteiger partial charge in [0.25, 0.3) is 0 Å². The Balaban J connectivity index is 1.86. The zero-order valence-corrected chi connectivity index (χ0v) is 19.8. The third kappa shape index (κ3) is 6.87. The average molecular weight is 454 g/mol. The van der Waals surface area contributed by atoms with Crippen molar-refractivity contribution in [3.63, 3.8) is 0 Å². The Labute approximate surface area is 196 Å². The van der Waals surface area contributed by atoms with E-state index in [0.29, 0.717) is 25.2 Å². The molecular weight excluding hydrogens is 417 g/mol. The van der Waals surface area contributed by atoms with Crippen molar-refractivity contribution in [2.45, 2.75) is 65.0 Å². The Morgan fingerprint density at radius 1 is 0.939 bits per heavy atom. The first-order chi connectivity index (χ1) is 15.9. The van der Waals surface area contributed by atoms with Crippen LogP contribution in [0.1, 0.15) is 57.1 Å². The molecule has 2 aromatic rings. The number of hydrogen-bond donors (Lipinski definition) is 1. The fraction of sp³-hybridized carbons (Fsp3) is 0.481. The quantitative estimate of drug-likeness (QED) is 0.731. The molecule has 0 saturated heterocycles. The molecule has 178 valence electrons. The first kappa shape index (κ1) is 24.9. The van der Waals surface area contributed by atoms with E-state index in [0.717, 1.165) is 43.4 Å². The average Bonchev–Trinajstić information content (AvgIpc) is 2.78. The van der Waals surface area contributed by atoms with E-state index in [1.54, 1.807) is 12.1 Å². The molecule has 3 rings (SSSR count). The highest BCUT2D eigenvalue weighted by Gasteiger charge is 2.25. The summed E-state index contributed by atoms with van der Waals surface area (Å²) in [5, 5.41) is 0. The van der Waals surface area contributed by atoms with E-state index in [-0.39, 0.29) is 30.0 Å². The SMILES string of the molecule is CC(C)C(=O)N1CCCCCCCN(C(=O)[C@H](N)Cc2cccc(F)c2)Cc2ccccc21. The molecule has 0 bridgehead atoms. The van der Waals surface area contributed by atoms with Crippen molar-refractivity contribution in [2.75, 3.05) is 18.0 Å². The number of nitrogens with two attached hydrogens (primary N) is 1. The van der Waals surface area contributed by atoms with Crippen molar-refractivity contribution in [2.24, 2.45) is 11.7 Å². The second-order valence-corrected chi connectivity index (χ2v) is 9.24. The molecule has 2 amide bonds. The zero-order valence-electron chi connectivity index (χ0n) is 19.8. The van der Waals surface area contributed by atoms with Crippen molar-refractivity contribution in [1.29, 1.82) is 0 Å². The molecule has 1 aliphatic rings. The molecule has 1 atom stereocenters. The normalized spacial score (nSPS) is 16.5. The van der Waals surface area contributed by atoms with E-state index in [4.69, 9.17) is 5.73 Å². The van der Waals surface area contributed by atoms with Crippen LogP contribution < -0.4 is 10.6 Å². The van der Waals surface area contributed by atoms with Crippen LogP contribution in [0.3, 0.4) is 0 Å². The molecule has 0 saturated carbocycles. The standard InChI is InChI=1S/C27H36FN3O2/c1-20(2)26(32)31-16-9-5-3-4-8-15-30(19-22-12-6-7-14-25(22)31)27(33)24(29)18-21-11-10-13-23(28)17-21/h6-7,10-14,17,20,24H,3-5,8-9,15-16,18-19,29H2,1-2H3/t24-/m1/s1. The highest BCUT2D eigenvalue weighted by molar-refractivity contribution is 5.95. The third-order valence-corrected chi connectivity index (χ3v) is 6.19. The van der Waals surface area contributed by atoms with Crippen molar-refractivity contribution < 1.29 is 14.0 Å². The van der Waals surface area contributed by atoms with Crippen LogP contribution in [0, 0.1) is 11.7 Å². The van der Waals surface area contributed by atoms with Crippen LogP contribution in [-0.4, -0.2) is 35.8 Å². The lowest BCUT2D eigenvalue weighted by Crippen LogP contribution is -2.45. The van der Waals surface area contributed by atoms with Gasteiger partial charge in [-0.1, -0.05) is 63.4 Å². The molecule has 0 unspecified atom stereocenters. The molecule has 0 aromatic heterocycles. The summed E-state index contributed by atoms with van der Waals surface area (Å²) in [5.41, 5.74) is 8.82. The first-order valence-electron chi connectivity index (χ1n) is 12.0. The van der Waals surface area contributed by atoms with Crippen molar-refractivity contribution in [1.82, 2.24) is 4.90 Å². The van der Waals surface area contributed by atoms with Gasteiger partial charge in [0.1, 0.15) is 5.82 Å². The summed E-state index contributed by atoms with van der Waals surface area (Å²) in [6.45, 7) is 5.53. The summed E-state index contributed by atoms with van der Waals surface area (Å²) < 4.78 is 13.6. The maximum Gasteiger partial charge on any atom is 0.240 e. The van der Waals surface area contributed by atoms with Gasteiger partial charge in [-0.05, 0) is 48.6 Å². The summed E-state index contributed by atoms with van der Waals surface area (Å²) in [6.07, 6.45) is 5.32. The molecule has 0 spiro atoms. The highest BCUT2D eigenvalue weighted by Crippen LogP contribution is 2.26. The van der Waals surface area contributed by atoms with E-state index >= 15 is 0 Å². The number of halogens is 1. The summed E-state index contributed by atoms with van der Waals surface area (Å²) in [4.78, 5) is 30.1. The summed E-state index contributed by atoms with van der Waals surface area (Å²) >= 11 is 0. The van der Waals surface area contributed by atoms with Gasteiger partial charge in [-0.25, -0.2) is 4.39 Å². The number of amides is 2. The van der Waals surface area contributed by atoms with Crippen LogP contribution in [0.2, 0.25) is 0 Å². The molecule has 5 nitrogen and oxygen atoms in total. The lowest BCUT2D eigenvalue weighted by molar-refractivity contribution is -0.133. The van der Waals surface area contributed by atoms with E-state index < -0.39 is 6.04 Å². The van der Waals surface area contributed by atoms with Crippen molar-refractivity contribution >= 4 is 17.5 Å². The van der Waals surface area contributed by atoms with Crippen LogP contribution in [0.5, 0.6) is 0 Å². The fourth-order valence-electron chi connectivity index (χ4n) is 4.38. The summed E-state index contributed by atoms with van der Waals surface area (Å²) in [7, 11) is 0. The van der Waals surface area contributed by atoms with Gasteiger partial charge < -0.3 is 15.5 Å². The Morgan fingerprint density at radius 3 is 2.36 bits per heavy atom. The second kappa shape index (κ2) is 11.9. The first-order valence-corrected chi connectivity index (χ1v) is 12.0. The molecule has 1 aliphatic heterocycles. The number of fused-ring (bicyclic) bond motifs is 1. The molecule has 0 radical (unpaired) electrons. The predicted molar refractivity (Wildman–Crippen MR) is 130 cm³/mol. The Bertz CT molecular complexity index is 946. The number of carbonyl (C=O) groups is 2. The number of rotatable bonds is 4. The molecule has 33 heavy (non-hydrogen) atoms. The smallest absolute Gasteiger partial charge is 0.240 e. The van der Waals surface area contributed by atoms with Crippen LogP contribution in [0.4, 0.5) is 10.1 Å². The Hall–Kier alpha value is -2.73. The number of hydrogen-bond acceptors (Lipinski definition) is 3. The van der Waals surface area contributed by atoms with Gasteiger partial charge in [-0.3, -0.25) is 9.59 Å². The summed E-state index contributed by atoms with van der Waals surface area (Å²) in [6, 6.07) is 13.3. The maximum absolute atomic E-state index is 13.6. The lowest BCUT2D eigenvalue weighted by Gasteiger charge is -2.31. The van der Waals surface area contributed by atoms with Crippen molar-refractivity contribution in [3.8, 4) is 0 Å². The van der Waals surface area contributed by atoms with Gasteiger partial charge >= 0.3 is 0 Å². The molecule has 0 fully saturated rings. The molecule has 0 aliphatic carbocycles. The number of anilines is 1. The molecule has 2 aromatic carbocycles. The minimum absolute atomic E-state index is 0.0974. The van der Waals surface area contributed by atoms with E-state index in [1.807, 2.05) is 47.9 Å². The molecule has 1 heterocycles. The summed E-state index contributed by atoms with van der Waals surface area (Å²) in [5.74, 6) is -0.487. The monoisotopic (exact) mass is 453 g/mol. The van der Waals surface area contributed by atoms with Gasteiger partial charge in [0, 0.05) is 31.2 Å². The Kier molecular flexibility index (Phi) is 9.01. The number of benzene rings is 2. The highest BCUT2D eigenvalue weighted by atomic mass is 19.1. The van der Waals surface area contributed by atoms with E-state index in [2.05, 4.69) is 0 Å². The number of nitrogens with zero attached hydrogens (tertiary/aromatic N) is 2. The van der Waals surface area contributed by atoms with Crippen molar-refractivity contribution in [3.05, 3.63) is 65.5 Å². The van der Waals surface area contributed by atoms with E-state index in [9.17, 15) is 14.0 Å². The van der Waals surface area contributed by atoms with Gasteiger partial charge in [0.2, 0.25) is 11.8 Å². The fourth-order valence-corrected chi connectivity index (χ4v) is 4.38. The third-order valence-electron chi connectivity index (χ3n) is 6.19. The molecule has 6 heteroatoms. The second-order valence-electron chi connectivity index (χ2n) is 9.24. The number of carbonyl (C=O) groups excluding carboxylic acids is 2.